The van der Waals surface area contributed by atoms with Crippen molar-refractivity contribution in [3.8, 4) is 16.9 Å². The Bertz CT molecular complexity index is 1360. The van der Waals surface area contributed by atoms with Gasteiger partial charge in [0, 0.05) is 28.9 Å². The number of unbranched alkanes of at least 4 members (excludes halogenated alkanes) is 1. The summed E-state index contributed by atoms with van der Waals surface area (Å²) in [4.78, 5) is 28.3. The second-order valence-corrected chi connectivity index (χ2v) is 8.23. The van der Waals surface area contributed by atoms with Crippen molar-refractivity contribution in [3.63, 3.8) is 0 Å². The molecule has 0 aliphatic heterocycles. The van der Waals surface area contributed by atoms with E-state index in [-0.39, 0.29) is 6.61 Å². The number of rotatable bonds is 9. The number of hydrogen-bond donors (Lipinski definition) is 2. The van der Waals surface area contributed by atoms with Gasteiger partial charge in [0.05, 0.1) is 22.7 Å². The van der Waals surface area contributed by atoms with Crippen LogP contribution in [0, 0.1) is 0 Å². The van der Waals surface area contributed by atoms with Gasteiger partial charge >= 0.3 is 0 Å². The lowest BCUT2D eigenvalue weighted by molar-refractivity contribution is 0.108. The van der Waals surface area contributed by atoms with Crippen LogP contribution in [0.5, 0.6) is 5.75 Å². The number of benzene rings is 2. The number of nitrogens with two attached hydrogens (primary N) is 1. The molecular formula is C24H23Cl2N5O3. The molecule has 8 nitrogen and oxygen atoms in total. The van der Waals surface area contributed by atoms with Gasteiger partial charge in [-0.3, -0.25) is 4.79 Å². The van der Waals surface area contributed by atoms with Gasteiger partial charge < -0.3 is 20.6 Å². The SMILES string of the molecule is COc1cccc(Nc2ncc3cc(-c4c(Cl)cccc4Cl)c(=O)n(OCCCCN)c3n2)c1. The van der Waals surface area contributed by atoms with E-state index >= 15 is 0 Å². The number of methoxy groups -OCH3 is 1. The van der Waals surface area contributed by atoms with Crippen molar-refractivity contribution in [1.29, 1.82) is 0 Å². The molecule has 176 valence electrons. The van der Waals surface area contributed by atoms with Gasteiger partial charge in [0.25, 0.3) is 5.56 Å². The zero-order valence-corrected chi connectivity index (χ0v) is 19.9. The Labute approximate surface area is 206 Å². The predicted octanol–water partition coefficient (Wildman–Crippen LogP) is 4.69. The summed E-state index contributed by atoms with van der Waals surface area (Å²) in [6.45, 7) is 0.819. The second kappa shape index (κ2) is 10.7. The number of hydrogen-bond acceptors (Lipinski definition) is 7. The molecule has 2 heterocycles. The molecule has 0 aliphatic carbocycles. The van der Waals surface area contributed by atoms with Crippen LogP contribution in [0.1, 0.15) is 12.8 Å². The maximum absolute atomic E-state index is 13.5. The molecule has 0 unspecified atom stereocenters. The van der Waals surface area contributed by atoms with E-state index in [0.29, 0.717) is 56.9 Å². The van der Waals surface area contributed by atoms with Crippen LogP contribution in [0.3, 0.4) is 0 Å². The first-order valence-electron chi connectivity index (χ1n) is 10.6. The maximum atomic E-state index is 13.5. The molecule has 2 aromatic carbocycles. The fourth-order valence-electron chi connectivity index (χ4n) is 3.42. The van der Waals surface area contributed by atoms with E-state index in [1.165, 1.54) is 4.73 Å². The minimum absolute atomic E-state index is 0.286. The van der Waals surface area contributed by atoms with Crippen LogP contribution in [-0.4, -0.2) is 35.0 Å². The summed E-state index contributed by atoms with van der Waals surface area (Å²) in [6, 6.07) is 14.1. The molecule has 0 saturated carbocycles. The number of halogens is 2. The van der Waals surface area contributed by atoms with Crippen LogP contribution in [-0.2, 0) is 0 Å². The van der Waals surface area contributed by atoms with Gasteiger partial charge in [0.2, 0.25) is 5.95 Å². The Morgan fingerprint density at radius 2 is 1.85 bits per heavy atom. The molecule has 3 N–H and O–H groups in total. The van der Waals surface area contributed by atoms with Crippen LogP contribution in [0.25, 0.3) is 22.2 Å². The van der Waals surface area contributed by atoms with Gasteiger partial charge in [-0.2, -0.15) is 4.98 Å². The molecule has 0 bridgehead atoms. The van der Waals surface area contributed by atoms with Crippen LogP contribution in [0.15, 0.2) is 59.5 Å². The standard InChI is InChI=1S/C24H23Cl2N5O3/c1-33-17-7-4-6-16(13-17)29-24-28-14-15-12-18(21-19(25)8-5-9-20(21)26)23(32)31(22(15)30-24)34-11-3-2-10-27/h4-9,12-14H,2-3,10-11,27H2,1H3,(H,28,29,30). The minimum Gasteiger partial charge on any atom is -0.497 e. The molecule has 4 aromatic rings. The van der Waals surface area contributed by atoms with Gasteiger partial charge in [-0.1, -0.05) is 35.3 Å². The third kappa shape index (κ3) is 5.09. The largest absolute Gasteiger partial charge is 0.497 e. The van der Waals surface area contributed by atoms with Gasteiger partial charge in [-0.05, 0) is 49.7 Å². The quantitative estimate of drug-likeness (QED) is 0.322. The highest BCUT2D eigenvalue weighted by molar-refractivity contribution is 6.39. The number of pyridine rings is 1. The minimum atomic E-state index is -0.429. The maximum Gasteiger partial charge on any atom is 0.293 e. The fourth-order valence-corrected chi connectivity index (χ4v) is 4.02. The van der Waals surface area contributed by atoms with Gasteiger partial charge in [0.15, 0.2) is 5.65 Å². The van der Waals surface area contributed by atoms with Gasteiger partial charge in [-0.25, -0.2) is 4.98 Å². The Morgan fingerprint density at radius 3 is 2.59 bits per heavy atom. The highest BCUT2D eigenvalue weighted by atomic mass is 35.5. The normalized spacial score (nSPS) is 10.9. The van der Waals surface area contributed by atoms with Crippen molar-refractivity contribution >= 4 is 45.9 Å². The van der Waals surface area contributed by atoms with Crippen molar-refractivity contribution in [2.24, 2.45) is 5.73 Å². The summed E-state index contributed by atoms with van der Waals surface area (Å²) >= 11 is 12.8. The first-order chi connectivity index (χ1) is 16.5. The molecule has 0 saturated heterocycles. The van der Waals surface area contributed by atoms with E-state index in [4.69, 9.17) is 38.5 Å². The second-order valence-electron chi connectivity index (χ2n) is 7.41. The Balaban J connectivity index is 1.82. The summed E-state index contributed by atoms with van der Waals surface area (Å²) < 4.78 is 6.43. The van der Waals surface area contributed by atoms with Crippen molar-refractivity contribution in [2.45, 2.75) is 12.8 Å². The molecule has 0 aliphatic rings. The zero-order chi connectivity index (χ0) is 24.1. The molecule has 0 radical (unpaired) electrons. The summed E-state index contributed by atoms with van der Waals surface area (Å²) in [5.41, 5.74) is 6.91. The molecule has 0 amide bonds. The smallest absolute Gasteiger partial charge is 0.293 e. The van der Waals surface area contributed by atoms with Gasteiger partial charge in [-0.15, -0.1) is 4.73 Å². The van der Waals surface area contributed by atoms with Gasteiger partial charge in [0.1, 0.15) is 12.4 Å². The molecule has 0 spiro atoms. The van der Waals surface area contributed by atoms with E-state index in [0.717, 1.165) is 12.1 Å². The third-order valence-corrected chi connectivity index (χ3v) is 5.71. The number of nitrogens with zero attached hydrogens (tertiary/aromatic N) is 3. The summed E-state index contributed by atoms with van der Waals surface area (Å²) in [7, 11) is 1.59. The molecule has 4 rings (SSSR count). The van der Waals surface area contributed by atoms with E-state index in [1.54, 1.807) is 37.6 Å². The number of fused-ring (bicyclic) bond motifs is 1. The topological polar surface area (TPSA) is 104 Å². The Morgan fingerprint density at radius 1 is 1.09 bits per heavy atom. The van der Waals surface area contributed by atoms with Crippen LogP contribution >= 0.6 is 23.2 Å². The molecule has 34 heavy (non-hydrogen) atoms. The molecule has 0 fully saturated rings. The molecule has 0 atom stereocenters. The van der Waals surface area contributed by atoms with Crippen molar-refractivity contribution in [2.75, 3.05) is 25.6 Å². The summed E-state index contributed by atoms with van der Waals surface area (Å²) in [5, 5.41) is 4.42. The van der Waals surface area contributed by atoms with Crippen molar-refractivity contribution < 1.29 is 9.57 Å². The lowest BCUT2D eigenvalue weighted by Gasteiger charge is -2.15. The van der Waals surface area contributed by atoms with E-state index < -0.39 is 5.56 Å². The van der Waals surface area contributed by atoms with Crippen LogP contribution < -0.4 is 26.2 Å². The lowest BCUT2D eigenvalue weighted by atomic mass is 10.1. The van der Waals surface area contributed by atoms with E-state index in [2.05, 4.69) is 15.3 Å². The average Bonchev–Trinajstić information content (AvgIpc) is 2.83. The van der Waals surface area contributed by atoms with Crippen LogP contribution in [0.2, 0.25) is 10.0 Å². The third-order valence-electron chi connectivity index (χ3n) is 5.08. The Hall–Kier alpha value is -3.33. The first-order valence-corrected chi connectivity index (χ1v) is 11.4. The molecule has 10 heteroatoms. The van der Waals surface area contributed by atoms with E-state index in [9.17, 15) is 4.79 Å². The fraction of sp³-hybridized carbons (Fsp3) is 0.208. The molecule has 2 aromatic heterocycles. The predicted molar refractivity (Wildman–Crippen MR) is 135 cm³/mol. The monoisotopic (exact) mass is 499 g/mol. The average molecular weight is 500 g/mol. The van der Waals surface area contributed by atoms with Crippen molar-refractivity contribution in [1.82, 2.24) is 14.7 Å². The van der Waals surface area contributed by atoms with E-state index in [1.807, 2.05) is 24.3 Å². The first kappa shape index (κ1) is 23.8. The van der Waals surface area contributed by atoms with Crippen LogP contribution in [0.4, 0.5) is 11.6 Å². The number of aromatic nitrogens is 3. The summed E-state index contributed by atoms with van der Waals surface area (Å²) in [5.74, 6) is 0.982. The van der Waals surface area contributed by atoms with Crippen molar-refractivity contribution in [3.05, 3.63) is 75.1 Å². The highest BCUT2D eigenvalue weighted by Crippen LogP contribution is 2.34. The zero-order valence-electron chi connectivity index (χ0n) is 18.4. The highest BCUT2D eigenvalue weighted by Gasteiger charge is 2.18. The number of nitrogens with one attached hydrogen (secondary N) is 1. The Kier molecular flexibility index (Phi) is 7.52. The lowest BCUT2D eigenvalue weighted by Crippen LogP contribution is -2.30. The summed E-state index contributed by atoms with van der Waals surface area (Å²) in [6.07, 6.45) is 3.06. The molecular weight excluding hydrogens is 477 g/mol. The number of ether oxygens (including phenoxy) is 1. The number of anilines is 2.